The Bertz CT molecular complexity index is 2040. The second kappa shape index (κ2) is 12.9. The van der Waals surface area contributed by atoms with Crippen LogP contribution >= 0.6 is 11.6 Å². The van der Waals surface area contributed by atoms with E-state index in [2.05, 4.69) is 30.3 Å². The number of halogens is 8. The first-order chi connectivity index (χ1) is 22.7. The largest absolute Gasteiger partial charge is 0.416 e. The Balaban J connectivity index is 1.79. The molecule has 5 rings (SSSR count). The number of anilines is 1. The van der Waals surface area contributed by atoms with E-state index in [1.54, 1.807) is 0 Å². The zero-order valence-electron chi connectivity index (χ0n) is 25.9. The Morgan fingerprint density at radius 2 is 1.76 bits per heavy atom. The third kappa shape index (κ3) is 7.11. The quantitative estimate of drug-likeness (QED) is 0.0977. The van der Waals surface area contributed by atoms with Gasteiger partial charge in [-0.15, -0.1) is 0 Å². The summed E-state index contributed by atoms with van der Waals surface area (Å²) in [5, 5.41) is 16.2. The Labute approximate surface area is 279 Å². The van der Waals surface area contributed by atoms with Crippen molar-refractivity contribution < 1.29 is 50.2 Å². The molecular formula is C31H28ClF7N4O5Si. The second-order valence-corrected chi connectivity index (χ2v) is 18.6. The van der Waals surface area contributed by atoms with E-state index in [1.165, 1.54) is 0 Å². The van der Waals surface area contributed by atoms with Crippen molar-refractivity contribution in [3.05, 3.63) is 97.4 Å². The minimum Gasteiger partial charge on any atom is -0.363 e. The third-order valence-corrected chi connectivity index (χ3v) is 9.81. The van der Waals surface area contributed by atoms with Gasteiger partial charge in [0.15, 0.2) is 5.72 Å². The van der Waals surface area contributed by atoms with Crippen LogP contribution in [0.25, 0.3) is 11.0 Å². The lowest BCUT2D eigenvalue weighted by Crippen LogP contribution is -2.41. The van der Waals surface area contributed by atoms with Gasteiger partial charge >= 0.3 is 11.9 Å². The number of hydrogen-bond donors (Lipinski definition) is 3. The first kappa shape index (κ1) is 36.1. The van der Waals surface area contributed by atoms with E-state index >= 15 is 0 Å². The van der Waals surface area contributed by atoms with Gasteiger partial charge in [-0.3, -0.25) is 18.7 Å². The van der Waals surface area contributed by atoms with Crippen molar-refractivity contribution in [3.63, 3.8) is 0 Å². The molecule has 2 amide bonds. The van der Waals surface area contributed by atoms with Gasteiger partial charge in [0.1, 0.15) is 18.4 Å². The maximum Gasteiger partial charge on any atom is 0.416 e. The molecule has 0 radical (unpaired) electrons. The number of ether oxygens (including phenoxy) is 1. The van der Waals surface area contributed by atoms with Gasteiger partial charge < -0.3 is 20.5 Å². The topological polar surface area (TPSA) is 115 Å². The molecule has 0 aliphatic carbocycles. The number of hydrogen-bond acceptors (Lipinski definition) is 5. The third-order valence-electron chi connectivity index (χ3n) is 7.78. The molecule has 4 aromatic rings. The van der Waals surface area contributed by atoms with Crippen molar-refractivity contribution in [1.29, 1.82) is 0 Å². The number of carbonyl (C=O) groups is 2. The van der Waals surface area contributed by atoms with E-state index in [-0.39, 0.29) is 28.7 Å². The average molecular weight is 733 g/mol. The lowest BCUT2D eigenvalue weighted by atomic mass is 9.91. The highest BCUT2D eigenvalue weighted by Crippen LogP contribution is 2.45. The Hall–Kier alpha value is -4.19. The summed E-state index contributed by atoms with van der Waals surface area (Å²) in [6.45, 7) is 4.65. The van der Waals surface area contributed by atoms with Gasteiger partial charge in [-0.2, -0.15) is 13.2 Å². The summed E-state index contributed by atoms with van der Waals surface area (Å²) in [6, 6.07) is 5.35. The summed E-state index contributed by atoms with van der Waals surface area (Å²) in [4.78, 5) is 40.7. The zero-order valence-corrected chi connectivity index (χ0v) is 27.7. The predicted molar refractivity (Wildman–Crippen MR) is 168 cm³/mol. The Morgan fingerprint density at radius 1 is 1.06 bits per heavy atom. The number of alkyl halides is 5. The molecule has 1 unspecified atom stereocenters. The lowest BCUT2D eigenvalue weighted by Gasteiger charge is -2.27. The molecule has 0 saturated heterocycles. The average Bonchev–Trinajstić information content (AvgIpc) is 3.40. The van der Waals surface area contributed by atoms with E-state index in [0.717, 1.165) is 28.8 Å². The van der Waals surface area contributed by atoms with Crippen LogP contribution in [-0.4, -0.2) is 47.2 Å². The minimum atomic E-state index is -5.05. The first-order valence-electron chi connectivity index (χ1n) is 14.6. The number of aliphatic hydroxyl groups is 1. The van der Waals surface area contributed by atoms with Crippen LogP contribution in [0.3, 0.4) is 0 Å². The molecule has 3 N–H and O–H groups in total. The Morgan fingerprint density at radius 3 is 2.39 bits per heavy atom. The molecule has 1 aliphatic heterocycles. The van der Waals surface area contributed by atoms with Crippen molar-refractivity contribution in [2.24, 2.45) is 0 Å². The van der Waals surface area contributed by atoms with Crippen LogP contribution in [0.5, 0.6) is 0 Å². The number of benzene rings is 3. The van der Waals surface area contributed by atoms with Gasteiger partial charge in [0, 0.05) is 36.4 Å². The summed E-state index contributed by atoms with van der Waals surface area (Å²) < 4.78 is 104. The molecule has 0 saturated carbocycles. The molecule has 2 heterocycles. The van der Waals surface area contributed by atoms with Crippen LogP contribution in [0.1, 0.15) is 37.4 Å². The molecule has 0 bridgehead atoms. The van der Waals surface area contributed by atoms with Crippen molar-refractivity contribution in [2.75, 3.05) is 11.9 Å². The number of imidazole rings is 1. The normalized spacial score (nSPS) is 16.4. The highest BCUT2D eigenvalue weighted by molar-refractivity contribution is 6.76. The highest BCUT2D eigenvalue weighted by atomic mass is 35.5. The number of carbonyl (C=O) groups excluding carboxylic acids is 2. The fourth-order valence-corrected chi connectivity index (χ4v) is 6.50. The van der Waals surface area contributed by atoms with Crippen LogP contribution in [0, 0.1) is 11.6 Å². The Kier molecular flexibility index (Phi) is 9.52. The van der Waals surface area contributed by atoms with Crippen molar-refractivity contribution in [1.82, 2.24) is 14.5 Å². The van der Waals surface area contributed by atoms with Crippen LogP contribution in [-0.2, 0) is 29.9 Å². The minimum absolute atomic E-state index is 0.158. The predicted octanol–water partition coefficient (Wildman–Crippen LogP) is 6.52. The maximum atomic E-state index is 14.5. The molecule has 9 nitrogen and oxygen atoms in total. The molecule has 0 spiro atoms. The molecular weight excluding hydrogens is 705 g/mol. The first-order valence-corrected chi connectivity index (χ1v) is 18.7. The molecule has 18 heteroatoms. The maximum absolute atomic E-state index is 14.5. The van der Waals surface area contributed by atoms with Gasteiger partial charge in [0.2, 0.25) is 0 Å². The fraction of sp³-hybridized carbons (Fsp3) is 0.323. The van der Waals surface area contributed by atoms with Gasteiger partial charge in [-0.1, -0.05) is 31.2 Å². The van der Waals surface area contributed by atoms with E-state index in [1.807, 2.05) is 0 Å². The van der Waals surface area contributed by atoms with Crippen LogP contribution in [0.2, 0.25) is 30.7 Å². The van der Waals surface area contributed by atoms with Crippen LogP contribution in [0.15, 0.2) is 47.3 Å². The number of fused-ring (bicyclic) bond motifs is 3. The summed E-state index contributed by atoms with van der Waals surface area (Å²) in [7, 11) is -1.63. The van der Waals surface area contributed by atoms with Crippen LogP contribution < -0.4 is 16.3 Å². The van der Waals surface area contributed by atoms with Gasteiger partial charge in [0.05, 0.1) is 34.4 Å². The summed E-state index contributed by atoms with van der Waals surface area (Å²) >= 11 is 6.30. The van der Waals surface area contributed by atoms with E-state index < -0.39 is 102 Å². The smallest absolute Gasteiger partial charge is 0.363 e. The van der Waals surface area contributed by atoms with Gasteiger partial charge in [-0.25, -0.2) is 22.4 Å². The molecule has 0 fully saturated rings. The van der Waals surface area contributed by atoms with Crippen molar-refractivity contribution in [3.8, 4) is 0 Å². The van der Waals surface area contributed by atoms with Crippen LogP contribution in [0.4, 0.5) is 36.4 Å². The number of amides is 2. The standard InChI is InChI=1S/C31H28ClF7N4O5Si/c1-49(2,3)7-6-48-14-43-26-22(42(29(43)46)13-23(35)36)12-21(40-27(44)15-8-16(31(37,38)39)10-18(34)9-15)25-24(26)28(45)41-30(25,47)19-11-17(33)4-5-20(19)32/h4-5,8-12,23,47H,6-7,13-14H2,1-3H3,(H,40,44)(H,41,45). The summed E-state index contributed by atoms with van der Waals surface area (Å²) in [6.07, 6.45) is -8.14. The van der Waals surface area contributed by atoms with Crippen molar-refractivity contribution >= 4 is 48.2 Å². The fourth-order valence-electron chi connectivity index (χ4n) is 5.49. The van der Waals surface area contributed by atoms with E-state index in [0.29, 0.717) is 22.7 Å². The summed E-state index contributed by atoms with van der Waals surface area (Å²) in [5.74, 6) is -4.83. The second-order valence-electron chi connectivity index (χ2n) is 12.6. The van der Waals surface area contributed by atoms with E-state index in [4.69, 9.17) is 16.3 Å². The van der Waals surface area contributed by atoms with Gasteiger partial charge in [0.25, 0.3) is 18.2 Å². The molecule has 3 aromatic carbocycles. The molecule has 262 valence electrons. The number of nitrogens with one attached hydrogen (secondary N) is 2. The monoisotopic (exact) mass is 732 g/mol. The van der Waals surface area contributed by atoms with Gasteiger partial charge in [-0.05, 0) is 48.5 Å². The summed E-state index contributed by atoms with van der Waals surface area (Å²) in [5.41, 5.74) is -8.94. The van der Waals surface area contributed by atoms with Crippen molar-refractivity contribution in [2.45, 2.75) is 57.3 Å². The number of aromatic nitrogens is 2. The molecule has 1 aliphatic rings. The number of rotatable bonds is 10. The SMILES string of the molecule is C[Si](C)(C)CCOCn1c(=O)n(CC(F)F)c2cc(NC(=O)c3cc(F)cc(C(F)(F)F)c3)c3c(c21)C(=O)NC3(O)c1cc(F)ccc1Cl. The molecule has 1 aromatic heterocycles. The highest BCUT2D eigenvalue weighted by Gasteiger charge is 2.49. The molecule has 49 heavy (non-hydrogen) atoms. The zero-order chi connectivity index (χ0) is 36.2. The number of nitrogens with zero attached hydrogens (tertiary/aromatic N) is 2. The lowest BCUT2D eigenvalue weighted by molar-refractivity contribution is -0.137. The molecule has 1 atom stereocenters. The van der Waals surface area contributed by atoms with E-state index in [9.17, 15) is 50.2 Å².